The molecule has 29 heavy (non-hydrogen) atoms. The fourth-order valence-electron chi connectivity index (χ4n) is 3.15. The van der Waals surface area contributed by atoms with Crippen molar-refractivity contribution in [1.29, 1.82) is 0 Å². The Morgan fingerprint density at radius 2 is 1.34 bits per heavy atom. The van der Waals surface area contributed by atoms with Gasteiger partial charge in [-0.05, 0) is 53.3 Å². The second-order valence-corrected chi connectivity index (χ2v) is 6.86. The second-order valence-electron chi connectivity index (χ2n) is 6.86. The molecule has 0 heterocycles. The van der Waals surface area contributed by atoms with Gasteiger partial charge in [0.25, 0.3) is 0 Å². The molecule has 2 rings (SSSR count). The van der Waals surface area contributed by atoms with Crippen LogP contribution in [0.4, 0.5) is 36.4 Å². The van der Waals surface area contributed by atoms with Gasteiger partial charge in [-0.3, -0.25) is 0 Å². The summed E-state index contributed by atoms with van der Waals surface area (Å²) in [5.74, 6) is 0. The molecular formula is C21H21F7N. The molecule has 0 aromatic heterocycles. The van der Waals surface area contributed by atoms with Gasteiger partial charge in [-0.25, -0.2) is 4.39 Å². The third-order valence-corrected chi connectivity index (χ3v) is 4.76. The Labute approximate surface area is 165 Å². The lowest BCUT2D eigenvalue weighted by Crippen LogP contribution is -2.50. The van der Waals surface area contributed by atoms with Crippen molar-refractivity contribution < 1.29 is 30.7 Å². The Bertz CT molecular complexity index is 835. The molecule has 0 aliphatic rings. The van der Waals surface area contributed by atoms with Crippen molar-refractivity contribution in [2.75, 3.05) is 19.0 Å². The molecule has 0 amide bonds. The van der Waals surface area contributed by atoms with Crippen LogP contribution in [0.5, 0.6) is 0 Å². The topological polar surface area (TPSA) is 3.24 Å². The summed E-state index contributed by atoms with van der Waals surface area (Å²) in [6.45, 7) is 3.13. The van der Waals surface area contributed by atoms with Gasteiger partial charge in [0.15, 0.2) is 0 Å². The first kappa shape index (κ1) is 23.0. The lowest BCUT2D eigenvalue weighted by molar-refractivity contribution is -0.348. The number of nitrogens with zero attached hydrogens (tertiary/aromatic N) is 1. The second kappa shape index (κ2) is 7.88. The van der Waals surface area contributed by atoms with Crippen LogP contribution in [0, 0.1) is 6.07 Å². The number of rotatable bonds is 5. The molecule has 8 heteroatoms. The summed E-state index contributed by atoms with van der Waals surface area (Å²) in [5.41, 5.74) is -6.42. The van der Waals surface area contributed by atoms with Crippen LogP contribution in [0.1, 0.15) is 30.5 Å². The molecular weight excluding hydrogens is 399 g/mol. The van der Waals surface area contributed by atoms with Crippen molar-refractivity contribution in [2.45, 2.75) is 44.7 Å². The maximum absolute atomic E-state index is 15.1. The molecule has 0 N–H and O–H groups in total. The van der Waals surface area contributed by atoms with E-state index in [9.17, 15) is 26.3 Å². The van der Waals surface area contributed by atoms with Crippen molar-refractivity contribution in [3.8, 4) is 11.1 Å². The lowest BCUT2D eigenvalue weighted by atomic mass is 9.82. The fourth-order valence-corrected chi connectivity index (χ4v) is 3.15. The summed E-state index contributed by atoms with van der Waals surface area (Å²) >= 11 is 0. The van der Waals surface area contributed by atoms with Gasteiger partial charge in [0, 0.05) is 25.3 Å². The van der Waals surface area contributed by atoms with E-state index in [1.807, 2.05) is 0 Å². The highest BCUT2D eigenvalue weighted by Gasteiger charge is 2.74. The van der Waals surface area contributed by atoms with Gasteiger partial charge in [0.1, 0.15) is 0 Å². The van der Waals surface area contributed by atoms with Gasteiger partial charge >= 0.3 is 18.0 Å². The molecule has 0 fully saturated rings. The van der Waals surface area contributed by atoms with E-state index in [-0.39, 0.29) is 29.5 Å². The van der Waals surface area contributed by atoms with E-state index in [0.29, 0.717) is 11.8 Å². The first-order valence-corrected chi connectivity index (χ1v) is 8.96. The van der Waals surface area contributed by atoms with Crippen molar-refractivity contribution >= 4 is 5.69 Å². The molecule has 0 saturated heterocycles. The first-order chi connectivity index (χ1) is 13.3. The summed E-state index contributed by atoms with van der Waals surface area (Å²) in [4.78, 5) is 1.72. The SMILES string of the molecule is CCc1[c]c(CC)c(-c2ccc(N(C)C)cc2)c(C(F)(C(F)(F)F)C(F)(F)F)c1. The largest absolute Gasteiger partial charge is 0.435 e. The maximum atomic E-state index is 15.1. The quantitative estimate of drug-likeness (QED) is 0.491. The molecule has 1 radical (unpaired) electrons. The van der Waals surface area contributed by atoms with E-state index in [1.165, 1.54) is 12.1 Å². The monoisotopic (exact) mass is 420 g/mol. The van der Waals surface area contributed by atoms with Crippen LogP contribution in [0.25, 0.3) is 11.1 Å². The normalized spacial score (nSPS) is 12.9. The highest BCUT2D eigenvalue weighted by atomic mass is 19.4. The van der Waals surface area contributed by atoms with Crippen LogP contribution in [0.2, 0.25) is 0 Å². The van der Waals surface area contributed by atoms with Crippen LogP contribution in [0.3, 0.4) is 0 Å². The zero-order valence-electron chi connectivity index (χ0n) is 16.4. The van der Waals surface area contributed by atoms with Crippen LogP contribution in [-0.4, -0.2) is 26.4 Å². The minimum absolute atomic E-state index is 0.0666. The predicted octanol–water partition coefficient (Wildman–Crippen LogP) is 6.63. The number of halogens is 7. The molecule has 0 bridgehead atoms. The number of hydrogen-bond donors (Lipinski definition) is 0. The third-order valence-electron chi connectivity index (χ3n) is 4.76. The first-order valence-electron chi connectivity index (χ1n) is 8.96. The molecule has 0 spiro atoms. The van der Waals surface area contributed by atoms with E-state index in [0.717, 1.165) is 0 Å². The smallest absolute Gasteiger partial charge is 0.378 e. The molecule has 0 aliphatic carbocycles. The summed E-state index contributed by atoms with van der Waals surface area (Å²) < 4.78 is 96.1. The Kier molecular flexibility index (Phi) is 6.26. The number of benzene rings is 2. The van der Waals surface area contributed by atoms with E-state index >= 15 is 4.39 Å². The molecule has 2 aromatic rings. The average molecular weight is 420 g/mol. The Morgan fingerprint density at radius 1 is 0.828 bits per heavy atom. The average Bonchev–Trinajstić information content (AvgIpc) is 2.64. The predicted molar refractivity (Wildman–Crippen MR) is 98.7 cm³/mol. The molecule has 0 atom stereocenters. The van der Waals surface area contributed by atoms with E-state index in [4.69, 9.17) is 0 Å². The Hall–Kier alpha value is -2.25. The van der Waals surface area contributed by atoms with Crippen molar-refractivity contribution in [3.05, 3.63) is 53.1 Å². The van der Waals surface area contributed by atoms with Gasteiger partial charge in [-0.2, -0.15) is 26.3 Å². The van der Waals surface area contributed by atoms with Crippen molar-refractivity contribution in [2.24, 2.45) is 0 Å². The minimum atomic E-state index is -6.18. The fraction of sp³-hybridized carbons (Fsp3) is 0.429. The maximum Gasteiger partial charge on any atom is 0.435 e. The van der Waals surface area contributed by atoms with E-state index in [2.05, 4.69) is 6.07 Å². The molecule has 0 aliphatic heterocycles. The van der Waals surface area contributed by atoms with Gasteiger partial charge in [0.2, 0.25) is 0 Å². The Balaban J connectivity index is 2.93. The summed E-state index contributed by atoms with van der Waals surface area (Å²) in [6, 6.07) is 9.36. The molecule has 0 unspecified atom stereocenters. The van der Waals surface area contributed by atoms with Crippen molar-refractivity contribution in [1.82, 2.24) is 0 Å². The number of anilines is 1. The van der Waals surface area contributed by atoms with Gasteiger partial charge < -0.3 is 4.90 Å². The molecule has 0 saturated carbocycles. The highest BCUT2D eigenvalue weighted by Crippen LogP contribution is 2.56. The zero-order chi connectivity index (χ0) is 22.2. The number of alkyl halides is 7. The van der Waals surface area contributed by atoms with Gasteiger partial charge in [-0.1, -0.05) is 32.0 Å². The summed E-state index contributed by atoms with van der Waals surface area (Å²) in [6.07, 6.45) is -12.1. The summed E-state index contributed by atoms with van der Waals surface area (Å²) in [7, 11) is 3.48. The highest BCUT2D eigenvalue weighted by molar-refractivity contribution is 5.74. The lowest BCUT2D eigenvalue weighted by Gasteiger charge is -2.33. The van der Waals surface area contributed by atoms with Crippen LogP contribution in [0.15, 0.2) is 30.3 Å². The van der Waals surface area contributed by atoms with Crippen LogP contribution in [-0.2, 0) is 18.5 Å². The third kappa shape index (κ3) is 4.07. The minimum Gasteiger partial charge on any atom is -0.378 e. The van der Waals surface area contributed by atoms with E-state index < -0.39 is 29.1 Å². The molecule has 1 nitrogen and oxygen atoms in total. The zero-order valence-corrected chi connectivity index (χ0v) is 16.4. The number of hydrogen-bond acceptors (Lipinski definition) is 1. The molecule has 2 aromatic carbocycles. The van der Waals surface area contributed by atoms with Crippen molar-refractivity contribution in [3.63, 3.8) is 0 Å². The Morgan fingerprint density at radius 3 is 1.72 bits per heavy atom. The van der Waals surface area contributed by atoms with Gasteiger partial charge in [-0.15, -0.1) is 0 Å². The standard InChI is InChI=1S/C21H21F7N/c1-5-13-11-14(6-2)18(15-7-9-16(10-8-15)29(3)4)17(12-13)19(22,20(23,24)25)21(26,27)28/h7-10,12H,5-6H2,1-4H3. The number of aryl methyl sites for hydroxylation is 2. The van der Waals surface area contributed by atoms with Crippen LogP contribution < -0.4 is 4.90 Å². The van der Waals surface area contributed by atoms with Crippen LogP contribution >= 0.6 is 0 Å². The van der Waals surface area contributed by atoms with E-state index in [1.54, 1.807) is 45.0 Å². The molecule has 159 valence electrons. The van der Waals surface area contributed by atoms with Gasteiger partial charge in [0.05, 0.1) is 0 Å². The summed E-state index contributed by atoms with van der Waals surface area (Å²) in [5, 5.41) is 0.